The van der Waals surface area contributed by atoms with Crippen molar-refractivity contribution in [3.8, 4) is 0 Å². The van der Waals surface area contributed by atoms with E-state index in [1.165, 1.54) is 0 Å². The molecule has 2 N–H and O–H groups in total. The van der Waals surface area contributed by atoms with Crippen molar-refractivity contribution in [2.75, 3.05) is 19.7 Å². The monoisotopic (exact) mass is 487 g/mol. The van der Waals surface area contributed by atoms with Gasteiger partial charge in [-0.1, -0.05) is 63.2 Å². The van der Waals surface area contributed by atoms with Gasteiger partial charge in [0.15, 0.2) is 6.61 Å². The van der Waals surface area contributed by atoms with Gasteiger partial charge in [0.25, 0.3) is 5.91 Å². The maximum atomic E-state index is 12.6. The number of imide groups is 1. The lowest BCUT2D eigenvalue weighted by Crippen LogP contribution is -2.41. The van der Waals surface area contributed by atoms with E-state index in [2.05, 4.69) is 10.0 Å². The molecular formula is C24H29N3O6S. The highest BCUT2D eigenvalue weighted by molar-refractivity contribution is 7.89. The zero-order valence-corrected chi connectivity index (χ0v) is 20.2. The minimum atomic E-state index is -3.78. The first kappa shape index (κ1) is 25.4. The number of hydrogen-bond acceptors (Lipinski definition) is 6. The van der Waals surface area contributed by atoms with Gasteiger partial charge < -0.3 is 10.1 Å². The predicted molar refractivity (Wildman–Crippen MR) is 125 cm³/mol. The van der Waals surface area contributed by atoms with Crippen molar-refractivity contribution in [2.24, 2.45) is 0 Å². The first-order chi connectivity index (χ1) is 16.0. The van der Waals surface area contributed by atoms with Crippen molar-refractivity contribution < 1.29 is 27.5 Å². The summed E-state index contributed by atoms with van der Waals surface area (Å²) >= 11 is 0. The minimum Gasteiger partial charge on any atom is -0.439 e. The van der Waals surface area contributed by atoms with Gasteiger partial charge in [0, 0.05) is 13.0 Å². The van der Waals surface area contributed by atoms with E-state index in [4.69, 9.17) is 4.74 Å². The van der Waals surface area contributed by atoms with Gasteiger partial charge in [-0.05, 0) is 28.7 Å². The SMILES string of the molecule is CC(C)(C)c1ccc(S(=O)(=O)NCCC(=O)NC(CN2C(=O)COC2=O)c2ccccc2)cc1. The van der Waals surface area contributed by atoms with Crippen LogP contribution in [-0.4, -0.2) is 50.9 Å². The molecule has 1 aliphatic rings. The highest BCUT2D eigenvalue weighted by Gasteiger charge is 2.33. The molecule has 0 spiro atoms. The van der Waals surface area contributed by atoms with Crippen LogP contribution in [0.4, 0.5) is 4.79 Å². The van der Waals surface area contributed by atoms with E-state index in [1.54, 1.807) is 54.6 Å². The number of ether oxygens (including phenoxy) is 1. The lowest BCUT2D eigenvalue weighted by molar-refractivity contribution is -0.127. The molecule has 0 bridgehead atoms. The first-order valence-electron chi connectivity index (χ1n) is 10.9. The van der Waals surface area contributed by atoms with Crippen LogP contribution >= 0.6 is 0 Å². The highest BCUT2D eigenvalue weighted by atomic mass is 32.2. The topological polar surface area (TPSA) is 122 Å². The second kappa shape index (κ2) is 10.4. The molecule has 1 unspecified atom stereocenters. The van der Waals surface area contributed by atoms with Gasteiger partial charge in [0.05, 0.1) is 17.5 Å². The molecule has 2 aromatic carbocycles. The molecule has 10 heteroatoms. The molecule has 1 aliphatic heterocycles. The average molecular weight is 488 g/mol. The molecular weight excluding hydrogens is 458 g/mol. The second-order valence-corrected chi connectivity index (χ2v) is 10.8. The van der Waals surface area contributed by atoms with Crippen molar-refractivity contribution in [3.05, 3.63) is 65.7 Å². The van der Waals surface area contributed by atoms with Crippen LogP contribution < -0.4 is 10.0 Å². The Bertz CT molecular complexity index is 1130. The summed E-state index contributed by atoms with van der Waals surface area (Å²) in [5, 5.41) is 2.78. The number of hydrogen-bond donors (Lipinski definition) is 2. The van der Waals surface area contributed by atoms with E-state index < -0.39 is 34.0 Å². The summed E-state index contributed by atoms with van der Waals surface area (Å²) in [5.41, 5.74) is 1.61. The Labute approximate surface area is 199 Å². The van der Waals surface area contributed by atoms with E-state index in [1.807, 2.05) is 20.8 Å². The van der Waals surface area contributed by atoms with Crippen molar-refractivity contribution in [3.63, 3.8) is 0 Å². The van der Waals surface area contributed by atoms with Crippen LogP contribution in [0.1, 0.15) is 44.4 Å². The van der Waals surface area contributed by atoms with Gasteiger partial charge in [0.1, 0.15) is 0 Å². The maximum Gasteiger partial charge on any atom is 0.417 e. The lowest BCUT2D eigenvalue weighted by Gasteiger charge is -2.23. The van der Waals surface area contributed by atoms with E-state index in [0.29, 0.717) is 5.56 Å². The third-order valence-corrected chi connectivity index (χ3v) is 6.89. The molecule has 3 amide bonds. The average Bonchev–Trinajstić information content (AvgIpc) is 3.10. The molecule has 0 saturated carbocycles. The van der Waals surface area contributed by atoms with Gasteiger partial charge in [-0.3, -0.25) is 9.59 Å². The maximum absolute atomic E-state index is 12.6. The van der Waals surface area contributed by atoms with E-state index in [0.717, 1.165) is 10.5 Å². The fourth-order valence-electron chi connectivity index (χ4n) is 3.44. The Morgan fingerprint density at radius 2 is 1.71 bits per heavy atom. The first-order valence-corrected chi connectivity index (χ1v) is 12.4. The summed E-state index contributed by atoms with van der Waals surface area (Å²) < 4.78 is 32.3. The van der Waals surface area contributed by atoms with Gasteiger partial charge in [-0.25, -0.2) is 22.8 Å². The minimum absolute atomic E-state index is 0.0841. The van der Waals surface area contributed by atoms with Gasteiger partial charge >= 0.3 is 6.09 Å². The molecule has 9 nitrogen and oxygen atoms in total. The number of carbonyl (C=O) groups excluding carboxylic acids is 3. The van der Waals surface area contributed by atoms with Gasteiger partial charge in [-0.2, -0.15) is 0 Å². The summed E-state index contributed by atoms with van der Waals surface area (Å²) in [7, 11) is -3.78. The van der Waals surface area contributed by atoms with E-state index in [-0.39, 0.29) is 36.4 Å². The van der Waals surface area contributed by atoms with Crippen LogP contribution in [0.2, 0.25) is 0 Å². The summed E-state index contributed by atoms with van der Waals surface area (Å²) in [4.78, 5) is 37.4. The number of benzene rings is 2. The molecule has 1 heterocycles. The molecule has 1 saturated heterocycles. The fraction of sp³-hybridized carbons (Fsp3) is 0.375. The molecule has 0 aromatic heterocycles. The van der Waals surface area contributed by atoms with Crippen molar-refractivity contribution >= 4 is 27.9 Å². The normalized spacial score (nSPS) is 15.2. The Hall–Kier alpha value is -3.24. The number of sulfonamides is 1. The Kier molecular flexibility index (Phi) is 7.73. The van der Waals surface area contributed by atoms with E-state index in [9.17, 15) is 22.8 Å². The molecule has 2 aromatic rings. The van der Waals surface area contributed by atoms with E-state index >= 15 is 0 Å². The largest absolute Gasteiger partial charge is 0.439 e. The summed E-state index contributed by atoms with van der Waals surface area (Å²) in [5.74, 6) is -0.912. The Morgan fingerprint density at radius 3 is 2.26 bits per heavy atom. The molecule has 34 heavy (non-hydrogen) atoms. The van der Waals surface area contributed by atoms with Crippen molar-refractivity contribution in [1.82, 2.24) is 14.9 Å². The number of rotatable bonds is 9. The van der Waals surface area contributed by atoms with Crippen LogP contribution in [0.3, 0.4) is 0 Å². The second-order valence-electron chi connectivity index (χ2n) is 9.01. The molecule has 1 fully saturated rings. The number of nitrogens with zero attached hydrogens (tertiary/aromatic N) is 1. The lowest BCUT2D eigenvalue weighted by atomic mass is 9.87. The number of nitrogens with one attached hydrogen (secondary N) is 2. The zero-order chi connectivity index (χ0) is 24.9. The Morgan fingerprint density at radius 1 is 1.06 bits per heavy atom. The number of cyclic esters (lactones) is 1. The zero-order valence-electron chi connectivity index (χ0n) is 19.4. The fourth-order valence-corrected chi connectivity index (χ4v) is 4.47. The molecule has 0 radical (unpaired) electrons. The third-order valence-electron chi connectivity index (χ3n) is 5.42. The third kappa shape index (κ3) is 6.42. The van der Waals surface area contributed by atoms with Gasteiger partial charge in [0.2, 0.25) is 15.9 Å². The molecule has 0 aliphatic carbocycles. The smallest absolute Gasteiger partial charge is 0.417 e. The molecule has 182 valence electrons. The highest BCUT2D eigenvalue weighted by Crippen LogP contribution is 2.23. The van der Waals surface area contributed by atoms with Crippen LogP contribution in [0.25, 0.3) is 0 Å². The van der Waals surface area contributed by atoms with Crippen LogP contribution in [-0.2, 0) is 29.8 Å². The predicted octanol–water partition coefficient (Wildman–Crippen LogP) is 2.49. The summed E-state index contributed by atoms with van der Waals surface area (Å²) in [6, 6.07) is 14.9. The number of carbonyl (C=O) groups is 3. The van der Waals surface area contributed by atoms with Crippen LogP contribution in [0.15, 0.2) is 59.5 Å². The standard InChI is InChI=1S/C24H29N3O6S/c1-24(2,3)18-9-11-19(12-10-18)34(31,32)25-14-13-21(28)26-20(17-7-5-4-6-8-17)15-27-22(29)16-33-23(27)30/h4-12,20,25H,13-16H2,1-3H3,(H,26,28). The summed E-state index contributed by atoms with van der Waals surface area (Å²) in [6.07, 6.45) is -0.883. The Balaban J connectivity index is 1.60. The quantitative estimate of drug-likeness (QED) is 0.560. The van der Waals surface area contributed by atoms with Crippen LogP contribution in [0.5, 0.6) is 0 Å². The van der Waals surface area contributed by atoms with Crippen LogP contribution in [0, 0.1) is 0 Å². The summed E-state index contributed by atoms with van der Waals surface area (Å²) in [6.45, 7) is 5.60. The molecule has 3 rings (SSSR count). The van der Waals surface area contributed by atoms with Gasteiger partial charge in [-0.15, -0.1) is 0 Å². The molecule has 1 atom stereocenters. The number of amides is 3. The van der Waals surface area contributed by atoms with Crippen molar-refractivity contribution in [1.29, 1.82) is 0 Å². The van der Waals surface area contributed by atoms with Crippen molar-refractivity contribution in [2.45, 2.75) is 43.5 Å².